The molecule has 2 aromatic carbocycles. The molecule has 1 saturated heterocycles. The third-order valence-electron chi connectivity index (χ3n) is 6.76. The Morgan fingerprint density at radius 2 is 1.95 bits per heavy atom. The molecule has 3 aromatic rings. The van der Waals surface area contributed by atoms with Crippen LogP contribution in [0, 0.1) is 17.1 Å². The van der Waals surface area contributed by atoms with Gasteiger partial charge in [0.2, 0.25) is 0 Å². The average molecular weight is 527 g/mol. The van der Waals surface area contributed by atoms with Crippen molar-refractivity contribution in [2.24, 2.45) is 7.05 Å². The number of hydrogen-bond acceptors (Lipinski definition) is 6. The van der Waals surface area contributed by atoms with E-state index in [1.54, 1.807) is 33.7 Å². The zero-order chi connectivity index (χ0) is 27.8. The van der Waals surface area contributed by atoms with Crippen LogP contribution in [0.15, 0.2) is 42.5 Å². The minimum atomic E-state index is -1.13. The monoisotopic (exact) mass is 526 g/mol. The molecule has 1 amide bonds. The van der Waals surface area contributed by atoms with Gasteiger partial charge in [0.1, 0.15) is 29.0 Å². The van der Waals surface area contributed by atoms with Gasteiger partial charge in [-0.05, 0) is 36.0 Å². The standard InChI is InChI=1S/C27H29F3N6O2/c1-27(2,3)25-13-23(33(4)32-25)26(38)34-10-9-21(16-34)35(20-8-6-17(14-31)24(37)12-20)15-18-5-7-19(28)11-22(18)36(29)30/h5-8,11-13,21,37H,9-10,15-16H2,1-4H3/t21-/m0/s1. The predicted octanol–water partition coefficient (Wildman–Crippen LogP) is 4.93. The van der Waals surface area contributed by atoms with Crippen molar-refractivity contribution in [2.45, 2.75) is 45.2 Å². The van der Waals surface area contributed by atoms with E-state index >= 15 is 0 Å². The molecule has 1 N–H and O–H groups in total. The number of rotatable bonds is 6. The highest BCUT2D eigenvalue weighted by Gasteiger charge is 2.34. The molecule has 1 aromatic heterocycles. The molecule has 11 heteroatoms. The number of halogens is 3. The summed E-state index contributed by atoms with van der Waals surface area (Å²) in [5, 5.41) is 22.9. The summed E-state index contributed by atoms with van der Waals surface area (Å²) in [6.07, 6.45) is 0.530. The highest BCUT2D eigenvalue weighted by molar-refractivity contribution is 5.93. The lowest BCUT2D eigenvalue weighted by atomic mass is 9.92. The van der Waals surface area contributed by atoms with E-state index in [0.29, 0.717) is 30.9 Å². The Morgan fingerprint density at radius 1 is 1.21 bits per heavy atom. The highest BCUT2D eigenvalue weighted by atomic mass is 19.4. The summed E-state index contributed by atoms with van der Waals surface area (Å²) in [5.41, 5.74) is 1.14. The van der Waals surface area contributed by atoms with E-state index in [1.807, 2.05) is 26.8 Å². The summed E-state index contributed by atoms with van der Waals surface area (Å²) >= 11 is 0. The second-order valence-corrected chi connectivity index (χ2v) is 10.4. The molecule has 38 heavy (non-hydrogen) atoms. The normalized spacial score (nSPS) is 15.4. The quantitative estimate of drug-likeness (QED) is 0.458. The van der Waals surface area contributed by atoms with E-state index in [-0.39, 0.29) is 40.8 Å². The molecule has 1 aliphatic heterocycles. The average Bonchev–Trinajstić information content (AvgIpc) is 3.50. The van der Waals surface area contributed by atoms with E-state index in [9.17, 15) is 28.5 Å². The number of aromatic nitrogens is 2. The van der Waals surface area contributed by atoms with Crippen LogP contribution in [-0.2, 0) is 19.0 Å². The van der Waals surface area contributed by atoms with Crippen molar-refractivity contribution >= 4 is 17.3 Å². The number of hydrogen-bond donors (Lipinski definition) is 1. The zero-order valence-electron chi connectivity index (χ0n) is 21.6. The molecule has 1 atom stereocenters. The molecule has 1 aliphatic rings. The minimum Gasteiger partial charge on any atom is -0.506 e. The Hall–Kier alpha value is -4.20. The Balaban J connectivity index is 1.65. The fraction of sp³-hybridized carbons (Fsp3) is 0.370. The number of anilines is 2. The van der Waals surface area contributed by atoms with Gasteiger partial charge in [0.15, 0.2) is 0 Å². The first-order valence-electron chi connectivity index (χ1n) is 12.1. The maximum absolute atomic E-state index is 13.7. The number of carbonyl (C=O) groups excluding carboxylic acids is 1. The van der Waals surface area contributed by atoms with Crippen LogP contribution >= 0.6 is 0 Å². The zero-order valence-corrected chi connectivity index (χ0v) is 21.6. The summed E-state index contributed by atoms with van der Waals surface area (Å²) in [7, 11) is 1.72. The van der Waals surface area contributed by atoms with Crippen molar-refractivity contribution in [3.63, 3.8) is 0 Å². The summed E-state index contributed by atoms with van der Waals surface area (Å²) in [5.74, 6) is -1.24. The maximum Gasteiger partial charge on any atom is 0.272 e. The van der Waals surface area contributed by atoms with E-state index in [0.717, 1.165) is 17.8 Å². The molecule has 0 spiro atoms. The lowest BCUT2D eigenvalue weighted by Crippen LogP contribution is -2.39. The molecule has 0 radical (unpaired) electrons. The molecular formula is C27H29F3N6O2. The van der Waals surface area contributed by atoms with Gasteiger partial charge in [0.05, 0.1) is 11.3 Å². The first kappa shape index (κ1) is 26.9. The topological polar surface area (TPSA) is 88.6 Å². The Kier molecular flexibility index (Phi) is 7.26. The van der Waals surface area contributed by atoms with Crippen LogP contribution in [-0.4, -0.2) is 44.8 Å². The second kappa shape index (κ2) is 10.3. The minimum absolute atomic E-state index is 0.0438. The fourth-order valence-corrected chi connectivity index (χ4v) is 4.61. The number of aryl methyl sites for hydroxylation is 1. The van der Waals surface area contributed by atoms with E-state index in [1.165, 1.54) is 18.2 Å². The van der Waals surface area contributed by atoms with Crippen LogP contribution in [0.25, 0.3) is 0 Å². The van der Waals surface area contributed by atoms with Crippen LogP contribution in [0.2, 0.25) is 0 Å². The number of phenols is 1. The SMILES string of the molecule is Cn1nc(C(C)(C)C)cc1C(=O)N1CC[C@H](N(Cc2ccc(F)cc2N(F)F)c2ccc(C#N)c(O)c2)C1. The van der Waals surface area contributed by atoms with Crippen LogP contribution in [0.3, 0.4) is 0 Å². The third-order valence-corrected chi connectivity index (χ3v) is 6.76. The molecule has 2 heterocycles. The summed E-state index contributed by atoms with van der Waals surface area (Å²) in [6.45, 7) is 6.71. The smallest absolute Gasteiger partial charge is 0.272 e. The molecule has 4 rings (SSSR count). The largest absolute Gasteiger partial charge is 0.506 e. The van der Waals surface area contributed by atoms with Gasteiger partial charge in [-0.15, -0.1) is 0 Å². The third kappa shape index (κ3) is 5.39. The molecule has 8 nitrogen and oxygen atoms in total. The number of aromatic hydroxyl groups is 1. The summed E-state index contributed by atoms with van der Waals surface area (Å²) in [6, 6.07) is 11.0. The number of likely N-dealkylation sites (tertiary alicyclic amines) is 1. The van der Waals surface area contributed by atoms with Crippen LogP contribution in [0.4, 0.5) is 24.7 Å². The highest BCUT2D eigenvalue weighted by Crippen LogP contribution is 2.33. The van der Waals surface area contributed by atoms with Crippen LogP contribution in [0.1, 0.15) is 54.5 Å². The number of nitriles is 1. The van der Waals surface area contributed by atoms with E-state index < -0.39 is 16.8 Å². The molecular weight excluding hydrogens is 497 g/mol. The number of benzene rings is 2. The van der Waals surface area contributed by atoms with Crippen LogP contribution < -0.4 is 10.2 Å². The Bertz CT molecular complexity index is 1390. The molecule has 0 bridgehead atoms. The van der Waals surface area contributed by atoms with Crippen molar-refractivity contribution in [1.29, 1.82) is 5.26 Å². The van der Waals surface area contributed by atoms with Gasteiger partial charge in [-0.1, -0.05) is 35.8 Å². The lowest BCUT2D eigenvalue weighted by Gasteiger charge is -2.32. The van der Waals surface area contributed by atoms with E-state index in [2.05, 4.69) is 5.10 Å². The maximum atomic E-state index is 13.7. The number of carbonyl (C=O) groups is 1. The number of nitrogens with zero attached hydrogens (tertiary/aromatic N) is 6. The van der Waals surface area contributed by atoms with Crippen molar-refractivity contribution in [3.8, 4) is 11.8 Å². The van der Waals surface area contributed by atoms with Gasteiger partial charge >= 0.3 is 0 Å². The summed E-state index contributed by atoms with van der Waals surface area (Å²) in [4.78, 5) is 16.9. The van der Waals surface area contributed by atoms with Crippen molar-refractivity contribution in [2.75, 3.05) is 23.3 Å². The van der Waals surface area contributed by atoms with Crippen LogP contribution in [0.5, 0.6) is 5.75 Å². The molecule has 0 unspecified atom stereocenters. The van der Waals surface area contributed by atoms with Gasteiger partial charge in [0, 0.05) is 61.5 Å². The molecule has 0 saturated carbocycles. The number of phenolic OH excluding ortho intramolecular Hbond substituents is 1. The summed E-state index contributed by atoms with van der Waals surface area (Å²) < 4.78 is 42.5. The first-order chi connectivity index (χ1) is 17.9. The van der Waals surface area contributed by atoms with Crippen molar-refractivity contribution < 1.29 is 23.3 Å². The van der Waals surface area contributed by atoms with Gasteiger partial charge in [-0.3, -0.25) is 9.48 Å². The molecule has 200 valence electrons. The van der Waals surface area contributed by atoms with Gasteiger partial charge < -0.3 is 14.9 Å². The van der Waals surface area contributed by atoms with Crippen molar-refractivity contribution in [1.82, 2.24) is 14.7 Å². The first-order valence-corrected chi connectivity index (χ1v) is 12.1. The number of amides is 1. The lowest BCUT2D eigenvalue weighted by molar-refractivity contribution is 0.0779. The second-order valence-electron chi connectivity index (χ2n) is 10.4. The van der Waals surface area contributed by atoms with Gasteiger partial charge in [-0.2, -0.15) is 10.4 Å². The molecule has 1 fully saturated rings. The van der Waals surface area contributed by atoms with E-state index in [4.69, 9.17) is 0 Å². The predicted molar refractivity (Wildman–Crippen MR) is 136 cm³/mol. The van der Waals surface area contributed by atoms with Crippen molar-refractivity contribution in [3.05, 3.63) is 70.8 Å². The fourth-order valence-electron chi connectivity index (χ4n) is 4.61. The Morgan fingerprint density at radius 3 is 2.55 bits per heavy atom. The van der Waals surface area contributed by atoms with Gasteiger partial charge in [0.25, 0.3) is 5.91 Å². The van der Waals surface area contributed by atoms with Gasteiger partial charge in [-0.25, -0.2) is 4.39 Å². The Labute approximate surface area is 219 Å². The molecule has 0 aliphatic carbocycles.